The molecular formula is C12H27N3O. The lowest BCUT2D eigenvalue weighted by Crippen LogP contribution is -1.89. The van der Waals surface area contributed by atoms with E-state index in [4.69, 9.17) is 5.11 Å². The Hall–Kier alpha value is -1.10. The SMILES string of the molecule is CNC.CNC.CNC.Oc1ccccc1. The van der Waals surface area contributed by atoms with Crippen LogP contribution in [-0.4, -0.2) is 47.4 Å². The second-order valence-electron chi connectivity index (χ2n) is 2.84. The third-order valence-corrected chi connectivity index (χ3v) is 0.756. The van der Waals surface area contributed by atoms with Gasteiger partial charge in [-0.25, -0.2) is 0 Å². The van der Waals surface area contributed by atoms with Gasteiger partial charge in [-0.1, -0.05) is 18.2 Å². The molecule has 0 unspecified atom stereocenters. The van der Waals surface area contributed by atoms with Crippen LogP contribution in [-0.2, 0) is 0 Å². The lowest BCUT2D eigenvalue weighted by atomic mass is 10.3. The predicted octanol–water partition coefficient (Wildman–Crippen LogP) is 0.899. The minimum atomic E-state index is 0.322. The number of aromatic hydroxyl groups is 1. The van der Waals surface area contributed by atoms with E-state index in [9.17, 15) is 0 Å². The first-order chi connectivity index (χ1) is 7.64. The van der Waals surface area contributed by atoms with Gasteiger partial charge in [0.05, 0.1) is 0 Å². The second kappa shape index (κ2) is 23.6. The lowest BCUT2D eigenvalue weighted by Gasteiger charge is -1.82. The van der Waals surface area contributed by atoms with E-state index >= 15 is 0 Å². The number of rotatable bonds is 0. The Morgan fingerprint density at radius 2 is 0.938 bits per heavy atom. The molecule has 0 radical (unpaired) electrons. The zero-order chi connectivity index (χ0) is 13.2. The van der Waals surface area contributed by atoms with E-state index in [0.717, 1.165) is 0 Å². The Morgan fingerprint density at radius 3 is 1.06 bits per heavy atom. The van der Waals surface area contributed by atoms with E-state index in [1.54, 1.807) is 24.3 Å². The standard InChI is InChI=1S/C6H6O.3C2H7N/c7-6-4-2-1-3-5-6;3*1-3-2/h1-5,7H;3*3H,1-2H3. The van der Waals surface area contributed by atoms with Gasteiger partial charge < -0.3 is 21.1 Å². The largest absolute Gasteiger partial charge is 0.508 e. The van der Waals surface area contributed by atoms with Gasteiger partial charge in [-0.05, 0) is 54.4 Å². The number of phenolic OH excluding ortho intramolecular Hbond substituents is 1. The van der Waals surface area contributed by atoms with Crippen molar-refractivity contribution < 1.29 is 5.11 Å². The highest BCUT2D eigenvalue weighted by Crippen LogP contribution is 2.02. The highest BCUT2D eigenvalue weighted by atomic mass is 16.3. The third-order valence-electron chi connectivity index (χ3n) is 0.756. The zero-order valence-corrected chi connectivity index (χ0v) is 11.3. The number of para-hydroxylation sites is 1. The fourth-order valence-corrected chi connectivity index (χ4v) is 0.428. The van der Waals surface area contributed by atoms with Crippen LogP contribution in [0.15, 0.2) is 30.3 Å². The Kier molecular flexibility index (Phi) is 30.0. The summed E-state index contributed by atoms with van der Waals surface area (Å²) < 4.78 is 0. The summed E-state index contributed by atoms with van der Waals surface area (Å²) in [5, 5.41) is 16.9. The predicted molar refractivity (Wildman–Crippen MR) is 73.1 cm³/mol. The first-order valence-corrected chi connectivity index (χ1v) is 5.13. The Labute approximate surface area is 100 Å². The Bertz CT molecular complexity index is 176. The van der Waals surface area contributed by atoms with Gasteiger partial charge in [-0.15, -0.1) is 0 Å². The minimum Gasteiger partial charge on any atom is -0.508 e. The molecule has 0 aliphatic carbocycles. The summed E-state index contributed by atoms with van der Waals surface area (Å²) in [5.41, 5.74) is 0. The van der Waals surface area contributed by atoms with Crippen molar-refractivity contribution >= 4 is 0 Å². The van der Waals surface area contributed by atoms with Crippen LogP contribution in [0, 0.1) is 0 Å². The highest BCUT2D eigenvalue weighted by Gasteiger charge is 1.74. The number of hydrogen-bond donors (Lipinski definition) is 4. The van der Waals surface area contributed by atoms with E-state index < -0.39 is 0 Å². The van der Waals surface area contributed by atoms with Crippen molar-refractivity contribution in [3.63, 3.8) is 0 Å². The molecule has 0 bridgehead atoms. The van der Waals surface area contributed by atoms with Crippen LogP contribution < -0.4 is 16.0 Å². The molecule has 0 aliphatic heterocycles. The second-order valence-corrected chi connectivity index (χ2v) is 2.84. The van der Waals surface area contributed by atoms with Gasteiger partial charge in [0.1, 0.15) is 5.75 Å². The molecule has 0 fully saturated rings. The highest BCUT2D eigenvalue weighted by molar-refractivity contribution is 5.18. The van der Waals surface area contributed by atoms with Crippen LogP contribution in [0.4, 0.5) is 0 Å². The number of benzene rings is 1. The van der Waals surface area contributed by atoms with Gasteiger partial charge in [-0.3, -0.25) is 0 Å². The van der Waals surface area contributed by atoms with Gasteiger partial charge in [-0.2, -0.15) is 0 Å². The van der Waals surface area contributed by atoms with E-state index in [1.165, 1.54) is 0 Å². The maximum absolute atomic E-state index is 8.63. The van der Waals surface area contributed by atoms with E-state index in [0.29, 0.717) is 5.75 Å². The van der Waals surface area contributed by atoms with Crippen LogP contribution in [0.5, 0.6) is 5.75 Å². The fourth-order valence-electron chi connectivity index (χ4n) is 0.428. The molecule has 0 saturated carbocycles. The average molecular weight is 229 g/mol. The van der Waals surface area contributed by atoms with Gasteiger partial charge in [0.2, 0.25) is 0 Å². The van der Waals surface area contributed by atoms with Crippen LogP contribution in [0.2, 0.25) is 0 Å². The van der Waals surface area contributed by atoms with Crippen molar-refractivity contribution in [2.24, 2.45) is 0 Å². The summed E-state index contributed by atoms with van der Waals surface area (Å²) in [6, 6.07) is 8.71. The Balaban J connectivity index is -0.000000161. The Morgan fingerprint density at radius 1 is 0.688 bits per heavy atom. The first kappa shape index (κ1) is 20.3. The van der Waals surface area contributed by atoms with Crippen molar-refractivity contribution in [1.82, 2.24) is 16.0 Å². The number of phenols is 1. The number of hydrogen-bond acceptors (Lipinski definition) is 4. The molecule has 4 nitrogen and oxygen atoms in total. The summed E-state index contributed by atoms with van der Waals surface area (Å²) in [5.74, 6) is 0.322. The van der Waals surface area contributed by atoms with Crippen molar-refractivity contribution in [2.75, 3.05) is 42.3 Å². The van der Waals surface area contributed by atoms with Crippen molar-refractivity contribution in [3.8, 4) is 5.75 Å². The van der Waals surface area contributed by atoms with E-state index in [2.05, 4.69) is 16.0 Å². The van der Waals surface area contributed by atoms with Crippen LogP contribution >= 0.6 is 0 Å². The van der Waals surface area contributed by atoms with Gasteiger partial charge in [0.15, 0.2) is 0 Å². The summed E-state index contributed by atoms with van der Waals surface area (Å²) in [6.07, 6.45) is 0. The molecule has 1 aromatic carbocycles. The van der Waals surface area contributed by atoms with E-state index in [1.807, 2.05) is 48.4 Å². The molecule has 0 heterocycles. The monoisotopic (exact) mass is 229 g/mol. The molecule has 1 rings (SSSR count). The number of nitrogens with one attached hydrogen (secondary N) is 3. The lowest BCUT2D eigenvalue weighted by molar-refractivity contribution is 0.475. The van der Waals surface area contributed by atoms with Gasteiger partial charge in [0.25, 0.3) is 0 Å². The molecule has 0 aromatic heterocycles. The molecule has 0 saturated heterocycles. The zero-order valence-electron chi connectivity index (χ0n) is 11.3. The molecule has 4 N–H and O–H groups in total. The maximum atomic E-state index is 8.63. The van der Waals surface area contributed by atoms with Crippen molar-refractivity contribution in [1.29, 1.82) is 0 Å². The molecular weight excluding hydrogens is 202 g/mol. The van der Waals surface area contributed by atoms with Gasteiger partial charge >= 0.3 is 0 Å². The topological polar surface area (TPSA) is 56.3 Å². The molecule has 0 spiro atoms. The van der Waals surface area contributed by atoms with E-state index in [-0.39, 0.29) is 0 Å². The van der Waals surface area contributed by atoms with Crippen molar-refractivity contribution in [2.45, 2.75) is 0 Å². The third kappa shape index (κ3) is 38.4. The smallest absolute Gasteiger partial charge is 0.115 e. The summed E-state index contributed by atoms with van der Waals surface area (Å²) in [7, 11) is 11.2. The molecule has 1 aromatic rings. The summed E-state index contributed by atoms with van der Waals surface area (Å²) >= 11 is 0. The molecule has 0 atom stereocenters. The van der Waals surface area contributed by atoms with Crippen LogP contribution in [0.1, 0.15) is 0 Å². The molecule has 4 heteroatoms. The first-order valence-electron chi connectivity index (χ1n) is 5.13. The molecule has 96 valence electrons. The van der Waals surface area contributed by atoms with Crippen LogP contribution in [0.3, 0.4) is 0 Å². The summed E-state index contributed by atoms with van der Waals surface area (Å²) in [4.78, 5) is 0. The molecule has 16 heavy (non-hydrogen) atoms. The van der Waals surface area contributed by atoms with Crippen LogP contribution in [0.25, 0.3) is 0 Å². The molecule has 0 aliphatic rings. The fraction of sp³-hybridized carbons (Fsp3) is 0.500. The average Bonchev–Trinajstić information content (AvgIpc) is 2.22. The minimum absolute atomic E-state index is 0.322. The normalized spacial score (nSPS) is 7.12. The van der Waals surface area contributed by atoms with Crippen molar-refractivity contribution in [3.05, 3.63) is 30.3 Å². The molecule has 0 amide bonds. The summed E-state index contributed by atoms with van der Waals surface area (Å²) in [6.45, 7) is 0. The maximum Gasteiger partial charge on any atom is 0.115 e. The van der Waals surface area contributed by atoms with Gasteiger partial charge in [0, 0.05) is 0 Å². The quantitative estimate of drug-likeness (QED) is 0.534.